The van der Waals surface area contributed by atoms with Gasteiger partial charge in [0.15, 0.2) is 11.5 Å². The van der Waals surface area contributed by atoms with Crippen molar-refractivity contribution in [3.8, 4) is 0 Å². The lowest BCUT2D eigenvalue weighted by molar-refractivity contribution is 0.231. The molecule has 150 valence electrons. The standard InChI is InChI=1S/C20H28N6O2/c1-4-11-26-17-16(7-6-10-21-17)24-18(19(26)27)25-12-8-15(9-13-25)23-20(28)22-14(3)5-2/h4,6-7,10,14-15H,1,5,8-9,11-13H2,2-3H3,(H2,22,23,28)/t14-/m1/s1. The van der Waals surface area contributed by atoms with E-state index in [1.807, 2.05) is 30.9 Å². The number of nitrogens with one attached hydrogen (secondary N) is 2. The van der Waals surface area contributed by atoms with Gasteiger partial charge in [-0.1, -0.05) is 13.0 Å². The topological polar surface area (TPSA) is 92.2 Å². The normalized spacial score (nSPS) is 16.0. The van der Waals surface area contributed by atoms with Crippen LogP contribution in [0.1, 0.15) is 33.1 Å². The van der Waals surface area contributed by atoms with Gasteiger partial charge in [0.05, 0.1) is 0 Å². The van der Waals surface area contributed by atoms with Crippen LogP contribution >= 0.6 is 0 Å². The second kappa shape index (κ2) is 8.86. The fraction of sp³-hybridized carbons (Fsp3) is 0.500. The molecule has 8 heteroatoms. The Balaban J connectivity index is 1.73. The highest BCUT2D eigenvalue weighted by Crippen LogP contribution is 2.18. The number of anilines is 1. The highest BCUT2D eigenvalue weighted by atomic mass is 16.2. The van der Waals surface area contributed by atoms with Gasteiger partial charge in [0.2, 0.25) is 0 Å². The van der Waals surface area contributed by atoms with Crippen molar-refractivity contribution in [2.45, 2.75) is 51.7 Å². The SMILES string of the molecule is C=CCn1c(=O)c(N2CCC(NC(=O)N[C@H](C)CC)CC2)nc2cccnc21. The van der Waals surface area contributed by atoms with Crippen molar-refractivity contribution in [3.05, 3.63) is 41.3 Å². The monoisotopic (exact) mass is 384 g/mol. The summed E-state index contributed by atoms with van der Waals surface area (Å²) in [6.45, 7) is 9.47. The van der Waals surface area contributed by atoms with E-state index < -0.39 is 0 Å². The first-order chi connectivity index (χ1) is 13.5. The maximum atomic E-state index is 13.0. The lowest BCUT2D eigenvalue weighted by atomic mass is 10.1. The molecule has 2 aromatic rings. The Morgan fingerprint density at radius 3 is 2.86 bits per heavy atom. The number of pyridine rings is 1. The van der Waals surface area contributed by atoms with Crippen LogP contribution in [-0.4, -0.2) is 45.7 Å². The van der Waals surface area contributed by atoms with Gasteiger partial charge in [-0.25, -0.2) is 14.8 Å². The van der Waals surface area contributed by atoms with Gasteiger partial charge in [-0.05, 0) is 38.3 Å². The number of hydrogen-bond donors (Lipinski definition) is 2. The minimum Gasteiger partial charge on any atom is -0.352 e. The van der Waals surface area contributed by atoms with Crippen LogP contribution in [0.5, 0.6) is 0 Å². The van der Waals surface area contributed by atoms with E-state index in [9.17, 15) is 9.59 Å². The maximum absolute atomic E-state index is 13.0. The molecule has 1 saturated heterocycles. The number of allylic oxidation sites excluding steroid dienone is 1. The highest BCUT2D eigenvalue weighted by Gasteiger charge is 2.24. The number of aromatic nitrogens is 3. The lowest BCUT2D eigenvalue weighted by Crippen LogP contribution is -2.50. The molecule has 0 unspecified atom stereocenters. The predicted molar refractivity (Wildman–Crippen MR) is 111 cm³/mol. The van der Waals surface area contributed by atoms with Crippen molar-refractivity contribution in [1.29, 1.82) is 0 Å². The van der Waals surface area contributed by atoms with E-state index in [0.29, 0.717) is 36.6 Å². The van der Waals surface area contributed by atoms with Crippen molar-refractivity contribution < 1.29 is 4.79 Å². The second-order valence-corrected chi connectivity index (χ2v) is 7.17. The van der Waals surface area contributed by atoms with Crippen LogP contribution in [0.15, 0.2) is 35.8 Å². The van der Waals surface area contributed by atoms with Crippen LogP contribution in [-0.2, 0) is 6.54 Å². The van der Waals surface area contributed by atoms with Crippen molar-refractivity contribution in [2.75, 3.05) is 18.0 Å². The third kappa shape index (κ3) is 4.32. The fourth-order valence-corrected chi connectivity index (χ4v) is 3.36. The zero-order chi connectivity index (χ0) is 20.1. The summed E-state index contributed by atoms with van der Waals surface area (Å²) in [6, 6.07) is 3.79. The van der Waals surface area contributed by atoms with E-state index >= 15 is 0 Å². The fourth-order valence-electron chi connectivity index (χ4n) is 3.36. The summed E-state index contributed by atoms with van der Waals surface area (Å²) in [5.74, 6) is 0.435. The summed E-state index contributed by atoms with van der Waals surface area (Å²) >= 11 is 0. The summed E-state index contributed by atoms with van der Waals surface area (Å²) in [5.41, 5.74) is 1.09. The number of hydrogen-bond acceptors (Lipinski definition) is 5. The summed E-state index contributed by atoms with van der Waals surface area (Å²) in [5, 5.41) is 5.95. The van der Waals surface area contributed by atoms with Gasteiger partial charge in [0, 0.05) is 37.9 Å². The molecule has 0 bridgehead atoms. The molecule has 28 heavy (non-hydrogen) atoms. The van der Waals surface area contributed by atoms with Gasteiger partial charge in [0.25, 0.3) is 5.56 Å². The van der Waals surface area contributed by atoms with Crippen LogP contribution in [0.25, 0.3) is 11.2 Å². The number of rotatable bonds is 6. The van der Waals surface area contributed by atoms with E-state index in [1.54, 1.807) is 16.8 Å². The lowest BCUT2D eigenvalue weighted by Gasteiger charge is -2.33. The maximum Gasteiger partial charge on any atom is 0.315 e. The summed E-state index contributed by atoms with van der Waals surface area (Å²) in [6.07, 6.45) is 5.77. The summed E-state index contributed by atoms with van der Waals surface area (Å²) in [7, 11) is 0. The van der Waals surface area contributed by atoms with Gasteiger partial charge in [-0.15, -0.1) is 6.58 Å². The summed E-state index contributed by atoms with van der Waals surface area (Å²) < 4.78 is 1.61. The molecule has 8 nitrogen and oxygen atoms in total. The number of fused-ring (bicyclic) bond motifs is 1. The molecule has 2 amide bonds. The van der Waals surface area contributed by atoms with Crippen LogP contribution in [0, 0.1) is 0 Å². The quantitative estimate of drug-likeness (QED) is 0.744. The molecule has 0 radical (unpaired) electrons. The van der Waals surface area contributed by atoms with Crippen LogP contribution < -0.4 is 21.1 Å². The van der Waals surface area contributed by atoms with Crippen molar-refractivity contribution >= 4 is 23.0 Å². The minimum absolute atomic E-state index is 0.0952. The molecule has 3 rings (SSSR count). The molecule has 0 aliphatic carbocycles. The van der Waals surface area contributed by atoms with Crippen molar-refractivity contribution in [2.24, 2.45) is 0 Å². The number of carbonyl (C=O) groups is 1. The Hall–Kier alpha value is -2.90. The molecule has 1 fully saturated rings. The molecule has 0 spiro atoms. The van der Waals surface area contributed by atoms with E-state index in [0.717, 1.165) is 19.3 Å². The molecule has 1 aliphatic heterocycles. The molecule has 2 N–H and O–H groups in total. The Bertz CT molecular complexity index is 901. The third-order valence-electron chi connectivity index (χ3n) is 5.12. The minimum atomic E-state index is -0.160. The smallest absolute Gasteiger partial charge is 0.315 e. The average molecular weight is 384 g/mol. The van der Waals surface area contributed by atoms with E-state index in [-0.39, 0.29) is 23.7 Å². The average Bonchev–Trinajstić information content (AvgIpc) is 2.70. The molecule has 3 heterocycles. The van der Waals surface area contributed by atoms with E-state index in [2.05, 4.69) is 27.2 Å². The van der Waals surface area contributed by atoms with Gasteiger partial charge in [0.1, 0.15) is 5.52 Å². The van der Waals surface area contributed by atoms with Gasteiger partial charge in [-0.3, -0.25) is 9.36 Å². The molecular weight excluding hydrogens is 356 g/mol. The van der Waals surface area contributed by atoms with Crippen LogP contribution in [0.2, 0.25) is 0 Å². The first-order valence-electron chi connectivity index (χ1n) is 9.82. The Labute approximate surface area is 164 Å². The van der Waals surface area contributed by atoms with Crippen LogP contribution in [0.3, 0.4) is 0 Å². The number of urea groups is 1. The van der Waals surface area contributed by atoms with Gasteiger partial charge >= 0.3 is 6.03 Å². The molecule has 0 aromatic carbocycles. The molecular formula is C20H28N6O2. The second-order valence-electron chi connectivity index (χ2n) is 7.17. The number of carbonyl (C=O) groups excluding carboxylic acids is 1. The Kier molecular flexibility index (Phi) is 6.28. The predicted octanol–water partition coefficient (Wildman–Crippen LogP) is 2.04. The molecule has 0 saturated carbocycles. The molecule has 1 atom stereocenters. The first-order valence-corrected chi connectivity index (χ1v) is 9.82. The Morgan fingerprint density at radius 2 is 2.18 bits per heavy atom. The van der Waals surface area contributed by atoms with Gasteiger partial charge < -0.3 is 15.5 Å². The highest BCUT2D eigenvalue weighted by molar-refractivity contribution is 5.74. The van der Waals surface area contributed by atoms with Gasteiger partial charge in [-0.2, -0.15) is 0 Å². The summed E-state index contributed by atoms with van der Waals surface area (Å²) in [4.78, 5) is 35.9. The number of piperidine rings is 1. The molecule has 1 aliphatic rings. The number of nitrogens with zero attached hydrogens (tertiary/aromatic N) is 4. The number of amides is 2. The third-order valence-corrected chi connectivity index (χ3v) is 5.12. The van der Waals surface area contributed by atoms with Crippen molar-refractivity contribution in [3.63, 3.8) is 0 Å². The zero-order valence-corrected chi connectivity index (χ0v) is 16.5. The van der Waals surface area contributed by atoms with Crippen molar-refractivity contribution in [1.82, 2.24) is 25.2 Å². The van der Waals surface area contributed by atoms with E-state index in [4.69, 9.17) is 0 Å². The van der Waals surface area contributed by atoms with E-state index in [1.165, 1.54) is 0 Å². The van der Waals surface area contributed by atoms with Crippen LogP contribution in [0.4, 0.5) is 10.6 Å². The molecule has 2 aromatic heterocycles. The zero-order valence-electron chi connectivity index (χ0n) is 16.5. The largest absolute Gasteiger partial charge is 0.352 e. The Morgan fingerprint density at radius 1 is 1.43 bits per heavy atom. The first kappa shape index (κ1) is 19.9.